The average molecular weight is 289 g/mol. The summed E-state index contributed by atoms with van der Waals surface area (Å²) in [7, 11) is 2.98. The lowest BCUT2D eigenvalue weighted by molar-refractivity contribution is -0.141. The van der Waals surface area contributed by atoms with Crippen molar-refractivity contribution in [3.63, 3.8) is 0 Å². The van der Waals surface area contributed by atoms with E-state index in [9.17, 15) is 13.2 Å². The third-order valence-corrected chi connectivity index (χ3v) is 4.51. The Morgan fingerprint density at radius 2 is 2.06 bits per heavy atom. The number of hydrogen-bond donors (Lipinski definition) is 0. The molecule has 0 bridgehead atoms. The van der Waals surface area contributed by atoms with Gasteiger partial charge in [-0.1, -0.05) is 6.07 Å². The zero-order valence-electron chi connectivity index (χ0n) is 9.85. The Balaban J connectivity index is 2.18. The summed E-state index contributed by atoms with van der Waals surface area (Å²) < 4.78 is 27.1. The average Bonchev–Trinajstić information content (AvgIpc) is 2.68. The van der Waals surface area contributed by atoms with Gasteiger partial charge in [0.25, 0.3) is 9.05 Å². The van der Waals surface area contributed by atoms with Crippen LogP contribution in [-0.4, -0.2) is 21.5 Å². The second-order valence-electron chi connectivity index (χ2n) is 4.42. The summed E-state index contributed by atoms with van der Waals surface area (Å²) in [6.07, 6.45) is 1.81. The van der Waals surface area contributed by atoms with Crippen molar-refractivity contribution in [3.05, 3.63) is 29.3 Å². The predicted molar refractivity (Wildman–Crippen MR) is 67.0 cm³/mol. The molecule has 0 fully saturated rings. The van der Waals surface area contributed by atoms with Crippen LogP contribution < -0.4 is 0 Å². The van der Waals surface area contributed by atoms with Crippen molar-refractivity contribution in [2.24, 2.45) is 5.92 Å². The zero-order valence-corrected chi connectivity index (χ0v) is 11.4. The molecule has 1 unspecified atom stereocenters. The van der Waals surface area contributed by atoms with Crippen molar-refractivity contribution in [1.82, 2.24) is 0 Å². The van der Waals surface area contributed by atoms with Crippen LogP contribution in [0.2, 0.25) is 0 Å². The minimum atomic E-state index is -3.69. The highest BCUT2D eigenvalue weighted by atomic mass is 35.7. The Hall–Kier alpha value is -1.07. The second kappa shape index (κ2) is 4.90. The number of hydrogen-bond acceptors (Lipinski definition) is 4. The Kier molecular flexibility index (Phi) is 3.64. The molecule has 0 aliphatic heterocycles. The first-order valence-corrected chi connectivity index (χ1v) is 7.84. The van der Waals surface area contributed by atoms with Crippen LogP contribution in [0.3, 0.4) is 0 Å². The fourth-order valence-corrected chi connectivity index (χ4v) is 3.10. The van der Waals surface area contributed by atoms with Gasteiger partial charge in [0, 0.05) is 17.1 Å². The largest absolute Gasteiger partial charge is 0.469 e. The molecular formula is C12H13ClO4S. The number of fused-ring (bicyclic) bond motifs is 1. The maximum absolute atomic E-state index is 11.2. The number of esters is 1. The fraction of sp³-hybridized carbons (Fsp3) is 0.417. The van der Waals surface area contributed by atoms with E-state index < -0.39 is 9.05 Å². The maximum Gasteiger partial charge on any atom is 0.305 e. The van der Waals surface area contributed by atoms with Crippen LogP contribution in [0.15, 0.2) is 23.1 Å². The topological polar surface area (TPSA) is 60.4 Å². The summed E-state index contributed by atoms with van der Waals surface area (Å²) in [5, 5.41) is 0. The van der Waals surface area contributed by atoms with Gasteiger partial charge in [0.05, 0.1) is 12.0 Å². The standard InChI is InChI=1S/C12H13ClO4S/c1-17-12(14)6-8-4-9-2-3-11(18(13,15)16)7-10(9)5-8/h2-3,7-8H,4-6H2,1H3. The van der Waals surface area contributed by atoms with E-state index in [0.717, 1.165) is 17.5 Å². The van der Waals surface area contributed by atoms with E-state index in [1.807, 2.05) is 0 Å². The summed E-state index contributed by atoms with van der Waals surface area (Å²) in [5.41, 5.74) is 2.03. The molecule has 18 heavy (non-hydrogen) atoms. The van der Waals surface area contributed by atoms with Crippen molar-refractivity contribution in [3.8, 4) is 0 Å². The van der Waals surface area contributed by atoms with Crippen LogP contribution in [0.5, 0.6) is 0 Å². The van der Waals surface area contributed by atoms with E-state index in [2.05, 4.69) is 4.74 Å². The smallest absolute Gasteiger partial charge is 0.305 e. The van der Waals surface area contributed by atoms with E-state index >= 15 is 0 Å². The number of ether oxygens (including phenoxy) is 1. The quantitative estimate of drug-likeness (QED) is 0.629. The van der Waals surface area contributed by atoms with Gasteiger partial charge in [0.2, 0.25) is 0 Å². The molecule has 0 spiro atoms. The molecule has 0 N–H and O–H groups in total. The lowest BCUT2D eigenvalue weighted by Crippen LogP contribution is -2.09. The van der Waals surface area contributed by atoms with Gasteiger partial charge < -0.3 is 4.74 Å². The first-order valence-electron chi connectivity index (χ1n) is 5.53. The van der Waals surface area contributed by atoms with E-state index in [-0.39, 0.29) is 16.8 Å². The summed E-state index contributed by atoms with van der Waals surface area (Å²) in [6, 6.07) is 4.86. The summed E-state index contributed by atoms with van der Waals surface area (Å²) in [5.74, 6) is -0.0567. The van der Waals surface area contributed by atoms with E-state index in [1.165, 1.54) is 13.2 Å². The van der Waals surface area contributed by atoms with E-state index in [4.69, 9.17) is 10.7 Å². The maximum atomic E-state index is 11.2. The van der Waals surface area contributed by atoms with E-state index in [1.54, 1.807) is 12.1 Å². The summed E-state index contributed by atoms with van der Waals surface area (Å²) >= 11 is 0. The van der Waals surface area contributed by atoms with Crippen LogP contribution in [0.1, 0.15) is 17.5 Å². The van der Waals surface area contributed by atoms with Gasteiger partial charge in [-0.15, -0.1) is 0 Å². The number of carbonyl (C=O) groups is 1. The van der Waals surface area contributed by atoms with Gasteiger partial charge in [-0.25, -0.2) is 8.42 Å². The van der Waals surface area contributed by atoms with Gasteiger partial charge in [0.1, 0.15) is 0 Å². The molecule has 4 nitrogen and oxygen atoms in total. The third kappa shape index (κ3) is 2.84. The van der Waals surface area contributed by atoms with Crippen molar-refractivity contribution in [1.29, 1.82) is 0 Å². The molecule has 0 heterocycles. The molecule has 1 aromatic carbocycles. The minimum Gasteiger partial charge on any atom is -0.469 e. The lowest BCUT2D eigenvalue weighted by atomic mass is 10.0. The minimum absolute atomic E-state index is 0.113. The molecule has 1 aliphatic carbocycles. The molecule has 2 rings (SSSR count). The zero-order chi connectivity index (χ0) is 13.3. The van der Waals surface area contributed by atoms with Crippen LogP contribution in [0.25, 0.3) is 0 Å². The lowest BCUT2D eigenvalue weighted by Gasteiger charge is -2.05. The molecule has 0 amide bonds. The van der Waals surface area contributed by atoms with Gasteiger partial charge in [-0.3, -0.25) is 4.79 Å². The normalized spacial score (nSPS) is 18.4. The summed E-state index contributed by atoms with van der Waals surface area (Å²) in [4.78, 5) is 11.3. The highest BCUT2D eigenvalue weighted by Gasteiger charge is 2.25. The number of benzene rings is 1. The van der Waals surface area contributed by atoms with Gasteiger partial charge >= 0.3 is 5.97 Å². The molecule has 1 atom stereocenters. The second-order valence-corrected chi connectivity index (χ2v) is 6.99. The molecule has 0 saturated heterocycles. The van der Waals surface area contributed by atoms with Crippen LogP contribution in [-0.2, 0) is 31.4 Å². The first kappa shape index (κ1) is 13.4. The number of rotatable bonds is 3. The SMILES string of the molecule is COC(=O)CC1Cc2ccc(S(=O)(=O)Cl)cc2C1. The Morgan fingerprint density at radius 1 is 1.39 bits per heavy atom. The highest BCUT2D eigenvalue weighted by Crippen LogP contribution is 2.31. The van der Waals surface area contributed by atoms with Gasteiger partial charge in [-0.2, -0.15) is 0 Å². The number of methoxy groups -OCH3 is 1. The Morgan fingerprint density at radius 3 is 2.67 bits per heavy atom. The molecule has 0 saturated carbocycles. The van der Waals surface area contributed by atoms with Crippen molar-refractivity contribution in [2.45, 2.75) is 24.2 Å². The molecule has 1 aliphatic rings. The number of carbonyl (C=O) groups excluding carboxylic acids is 1. The fourth-order valence-electron chi connectivity index (χ4n) is 2.30. The Bertz CT molecular complexity index is 580. The molecule has 1 aromatic rings. The van der Waals surface area contributed by atoms with E-state index in [0.29, 0.717) is 12.8 Å². The molecule has 0 aromatic heterocycles. The first-order chi connectivity index (χ1) is 8.40. The summed E-state index contributed by atoms with van der Waals surface area (Å²) in [6.45, 7) is 0. The van der Waals surface area contributed by atoms with Crippen molar-refractivity contribution >= 4 is 25.7 Å². The predicted octanol–water partition coefficient (Wildman–Crippen LogP) is 1.89. The molecule has 98 valence electrons. The van der Waals surface area contributed by atoms with Crippen molar-refractivity contribution < 1.29 is 17.9 Å². The molecular weight excluding hydrogens is 276 g/mol. The van der Waals surface area contributed by atoms with Crippen LogP contribution >= 0.6 is 10.7 Å². The molecule has 6 heteroatoms. The van der Waals surface area contributed by atoms with Gasteiger partial charge in [0.15, 0.2) is 0 Å². The Labute approximate surface area is 110 Å². The van der Waals surface area contributed by atoms with Crippen molar-refractivity contribution in [2.75, 3.05) is 7.11 Å². The monoisotopic (exact) mass is 288 g/mol. The number of halogens is 1. The van der Waals surface area contributed by atoms with Gasteiger partial charge in [-0.05, 0) is 42.0 Å². The molecule has 0 radical (unpaired) electrons. The van der Waals surface area contributed by atoms with Crippen LogP contribution in [0, 0.1) is 5.92 Å². The highest BCUT2D eigenvalue weighted by molar-refractivity contribution is 8.13. The third-order valence-electron chi connectivity index (χ3n) is 3.16. The van der Waals surface area contributed by atoms with Crippen LogP contribution in [0.4, 0.5) is 0 Å².